The van der Waals surface area contributed by atoms with Gasteiger partial charge in [0.15, 0.2) is 0 Å². The second-order valence-electron chi connectivity index (χ2n) is 6.50. The molecular weight excluding hydrogens is 370 g/mol. The Balaban J connectivity index is 1.57. The van der Waals surface area contributed by atoms with Gasteiger partial charge in [-0.2, -0.15) is 4.98 Å². The molecule has 2 aromatic heterocycles. The maximum absolute atomic E-state index is 12.3. The average Bonchev–Trinajstić information content (AvgIpc) is 2.67. The van der Waals surface area contributed by atoms with Gasteiger partial charge in [0, 0.05) is 55.2 Å². The van der Waals surface area contributed by atoms with Crippen molar-refractivity contribution >= 4 is 40.2 Å². The van der Waals surface area contributed by atoms with Crippen molar-refractivity contribution < 1.29 is 9.59 Å². The van der Waals surface area contributed by atoms with Gasteiger partial charge in [-0.15, -0.1) is 0 Å². The summed E-state index contributed by atoms with van der Waals surface area (Å²) in [5, 5.41) is 13.3. The molecule has 9 heteroatoms. The zero-order valence-corrected chi connectivity index (χ0v) is 16.3. The van der Waals surface area contributed by atoms with E-state index in [1.165, 1.54) is 6.92 Å². The maximum atomic E-state index is 12.3. The predicted octanol–water partition coefficient (Wildman–Crippen LogP) is 2.92. The van der Waals surface area contributed by atoms with Gasteiger partial charge in [-0.25, -0.2) is 9.78 Å². The highest BCUT2D eigenvalue weighted by atomic mass is 16.2. The average molecular weight is 393 g/mol. The van der Waals surface area contributed by atoms with Crippen molar-refractivity contribution in [3.8, 4) is 0 Å². The summed E-state index contributed by atoms with van der Waals surface area (Å²) in [6.07, 6.45) is 4.23. The summed E-state index contributed by atoms with van der Waals surface area (Å²) in [4.78, 5) is 35.8. The van der Waals surface area contributed by atoms with E-state index in [0.717, 1.165) is 22.9 Å². The van der Waals surface area contributed by atoms with Crippen molar-refractivity contribution in [1.82, 2.24) is 20.3 Å². The van der Waals surface area contributed by atoms with Crippen LogP contribution in [0.2, 0.25) is 0 Å². The number of fused-ring (bicyclic) bond motifs is 1. The van der Waals surface area contributed by atoms with Gasteiger partial charge in [0.05, 0.1) is 0 Å². The molecule has 4 N–H and O–H groups in total. The predicted molar refractivity (Wildman–Crippen MR) is 113 cm³/mol. The van der Waals surface area contributed by atoms with Crippen LogP contribution in [0.4, 0.5) is 22.2 Å². The molecule has 0 saturated carbocycles. The number of benzene rings is 1. The maximum Gasteiger partial charge on any atom is 0.326 e. The number of aryl methyl sites for hydroxylation is 1. The van der Waals surface area contributed by atoms with E-state index in [0.29, 0.717) is 24.6 Å². The van der Waals surface area contributed by atoms with Crippen LogP contribution in [0.3, 0.4) is 0 Å². The minimum absolute atomic E-state index is 0.0524. The third-order valence-electron chi connectivity index (χ3n) is 4.01. The number of carbonyl (C=O) groups is 2. The van der Waals surface area contributed by atoms with Crippen molar-refractivity contribution in [2.24, 2.45) is 0 Å². The summed E-state index contributed by atoms with van der Waals surface area (Å²) >= 11 is 0. The van der Waals surface area contributed by atoms with Crippen molar-refractivity contribution in [3.05, 3.63) is 48.4 Å². The second-order valence-corrected chi connectivity index (χ2v) is 6.50. The Hall–Kier alpha value is -3.75. The van der Waals surface area contributed by atoms with Gasteiger partial charge in [0.2, 0.25) is 11.9 Å². The van der Waals surface area contributed by atoms with Crippen LogP contribution in [0, 0.1) is 6.92 Å². The van der Waals surface area contributed by atoms with E-state index in [9.17, 15) is 9.59 Å². The summed E-state index contributed by atoms with van der Waals surface area (Å²) in [7, 11) is 0. The summed E-state index contributed by atoms with van der Waals surface area (Å²) in [6.45, 7) is 4.53. The van der Waals surface area contributed by atoms with E-state index in [1.54, 1.807) is 18.5 Å². The number of aromatic nitrogens is 3. The fourth-order valence-electron chi connectivity index (χ4n) is 2.71. The first-order valence-corrected chi connectivity index (χ1v) is 9.25. The fourth-order valence-corrected chi connectivity index (χ4v) is 2.71. The van der Waals surface area contributed by atoms with Crippen molar-refractivity contribution in [2.45, 2.75) is 20.3 Å². The van der Waals surface area contributed by atoms with Crippen LogP contribution in [-0.2, 0) is 4.79 Å². The number of hydrogen-bond donors (Lipinski definition) is 4. The third kappa shape index (κ3) is 6.13. The molecule has 3 aromatic rings. The van der Waals surface area contributed by atoms with E-state index in [1.807, 2.05) is 31.2 Å². The van der Waals surface area contributed by atoms with Crippen LogP contribution >= 0.6 is 0 Å². The molecule has 0 radical (unpaired) electrons. The SMILES string of the molecule is CC(=O)NCCCNc1cc(C)nc(NC(=O)Nc2ccc3cnccc3c2)n1. The minimum Gasteiger partial charge on any atom is -0.370 e. The largest absolute Gasteiger partial charge is 0.370 e. The van der Waals surface area contributed by atoms with Crippen molar-refractivity contribution in [2.75, 3.05) is 29.0 Å². The summed E-state index contributed by atoms with van der Waals surface area (Å²) in [5.41, 5.74) is 1.38. The number of rotatable bonds is 7. The first-order chi connectivity index (χ1) is 14.0. The summed E-state index contributed by atoms with van der Waals surface area (Å²) in [5.74, 6) is 0.758. The Morgan fingerprint density at radius 2 is 1.86 bits per heavy atom. The molecule has 1 aromatic carbocycles. The molecule has 0 spiro atoms. The van der Waals surface area contributed by atoms with Gasteiger partial charge in [-0.05, 0) is 36.9 Å². The second kappa shape index (κ2) is 9.45. The molecule has 0 atom stereocenters. The molecule has 9 nitrogen and oxygen atoms in total. The Kier molecular flexibility index (Phi) is 6.51. The monoisotopic (exact) mass is 393 g/mol. The number of pyridine rings is 1. The van der Waals surface area contributed by atoms with Crippen molar-refractivity contribution in [3.63, 3.8) is 0 Å². The molecule has 0 unspecified atom stereocenters. The van der Waals surface area contributed by atoms with E-state index in [-0.39, 0.29) is 11.9 Å². The molecule has 29 heavy (non-hydrogen) atoms. The molecular formula is C20H23N7O2. The standard InChI is InChI=1S/C20H23N7O2/c1-13-10-18(23-8-3-7-22-14(2)28)26-19(24-13)27-20(29)25-17-5-4-16-12-21-9-6-15(16)11-17/h4-6,9-12H,3,7-8H2,1-2H3,(H,22,28)(H3,23,24,25,26,27,29). The zero-order chi connectivity index (χ0) is 20.6. The number of carbonyl (C=O) groups excluding carboxylic acids is 2. The Bertz CT molecular complexity index is 1020. The van der Waals surface area contributed by atoms with E-state index >= 15 is 0 Å². The van der Waals surface area contributed by atoms with Gasteiger partial charge in [-0.1, -0.05) is 6.07 Å². The molecule has 0 saturated heterocycles. The number of hydrogen-bond acceptors (Lipinski definition) is 6. The fraction of sp³-hybridized carbons (Fsp3) is 0.250. The lowest BCUT2D eigenvalue weighted by Crippen LogP contribution is -2.23. The van der Waals surface area contributed by atoms with Crippen LogP contribution in [0.1, 0.15) is 19.0 Å². The number of urea groups is 1. The highest BCUT2D eigenvalue weighted by Crippen LogP contribution is 2.18. The van der Waals surface area contributed by atoms with Crippen molar-refractivity contribution in [1.29, 1.82) is 0 Å². The van der Waals surface area contributed by atoms with Gasteiger partial charge in [0.25, 0.3) is 0 Å². The smallest absolute Gasteiger partial charge is 0.326 e. The first kappa shape index (κ1) is 20.0. The Morgan fingerprint density at radius 3 is 2.69 bits per heavy atom. The first-order valence-electron chi connectivity index (χ1n) is 9.25. The Morgan fingerprint density at radius 1 is 1.00 bits per heavy atom. The highest BCUT2D eigenvalue weighted by Gasteiger charge is 2.08. The third-order valence-corrected chi connectivity index (χ3v) is 4.01. The summed E-state index contributed by atoms with van der Waals surface area (Å²) < 4.78 is 0. The van der Waals surface area contributed by atoms with Gasteiger partial charge >= 0.3 is 6.03 Å². The molecule has 3 rings (SSSR count). The lowest BCUT2D eigenvalue weighted by Gasteiger charge is -2.10. The zero-order valence-electron chi connectivity index (χ0n) is 16.3. The van der Waals surface area contributed by atoms with Gasteiger partial charge in [0.1, 0.15) is 5.82 Å². The minimum atomic E-state index is -0.430. The van der Waals surface area contributed by atoms with Crippen LogP contribution < -0.4 is 21.3 Å². The van der Waals surface area contributed by atoms with Gasteiger partial charge < -0.3 is 16.0 Å². The van der Waals surface area contributed by atoms with Crippen LogP contribution in [0.15, 0.2) is 42.7 Å². The Labute approximate surface area is 168 Å². The van der Waals surface area contributed by atoms with Crippen LogP contribution in [0.5, 0.6) is 0 Å². The lowest BCUT2D eigenvalue weighted by atomic mass is 10.1. The molecule has 150 valence electrons. The normalized spacial score (nSPS) is 10.4. The quantitative estimate of drug-likeness (QED) is 0.458. The van der Waals surface area contributed by atoms with Crippen LogP contribution in [0.25, 0.3) is 10.8 Å². The van der Waals surface area contributed by atoms with Crippen LogP contribution in [-0.4, -0.2) is 40.0 Å². The number of anilines is 3. The molecule has 3 amide bonds. The molecule has 0 aliphatic carbocycles. The van der Waals surface area contributed by atoms with E-state index < -0.39 is 6.03 Å². The molecule has 2 heterocycles. The summed E-state index contributed by atoms with van der Waals surface area (Å²) in [6, 6.07) is 8.81. The lowest BCUT2D eigenvalue weighted by molar-refractivity contribution is -0.118. The van der Waals surface area contributed by atoms with E-state index in [2.05, 4.69) is 36.2 Å². The molecule has 0 aliphatic rings. The van der Waals surface area contributed by atoms with Gasteiger partial charge in [-0.3, -0.25) is 15.1 Å². The molecule has 0 fully saturated rings. The number of amides is 3. The molecule has 0 bridgehead atoms. The topological polar surface area (TPSA) is 121 Å². The molecule has 0 aliphatic heterocycles. The number of nitrogens with one attached hydrogen (secondary N) is 4. The van der Waals surface area contributed by atoms with E-state index in [4.69, 9.17) is 0 Å². The highest BCUT2D eigenvalue weighted by molar-refractivity contribution is 6.00. The number of nitrogens with zero attached hydrogens (tertiary/aromatic N) is 3.